The summed E-state index contributed by atoms with van der Waals surface area (Å²) in [5.41, 5.74) is 7.88. The van der Waals surface area contributed by atoms with Gasteiger partial charge in [0.05, 0.1) is 0 Å². The summed E-state index contributed by atoms with van der Waals surface area (Å²) in [4.78, 5) is 4.91. The molecule has 1 atom stereocenters. The van der Waals surface area contributed by atoms with Gasteiger partial charge in [-0.25, -0.2) is 0 Å². The molecule has 1 saturated heterocycles. The zero-order chi connectivity index (χ0) is 12.4. The van der Waals surface area contributed by atoms with Gasteiger partial charge in [-0.1, -0.05) is 22.0 Å². The zero-order valence-corrected chi connectivity index (χ0v) is 12.1. The van der Waals surface area contributed by atoms with Crippen molar-refractivity contribution in [1.29, 1.82) is 0 Å². The van der Waals surface area contributed by atoms with Crippen LogP contribution in [0.4, 0.5) is 5.69 Å². The third-order valence-electron chi connectivity index (χ3n) is 3.51. The Labute approximate surface area is 112 Å². The lowest BCUT2D eigenvalue weighted by molar-refractivity contribution is 0.0998. The van der Waals surface area contributed by atoms with E-state index in [-0.39, 0.29) is 0 Å². The summed E-state index contributed by atoms with van der Waals surface area (Å²) in [6.45, 7) is 6.70. The highest BCUT2D eigenvalue weighted by Gasteiger charge is 2.20. The summed E-state index contributed by atoms with van der Waals surface area (Å²) in [6.07, 6.45) is 0. The molecule has 1 aromatic rings. The Bertz CT molecular complexity index is 394. The van der Waals surface area contributed by atoms with Gasteiger partial charge in [0.15, 0.2) is 0 Å². The van der Waals surface area contributed by atoms with Crippen LogP contribution in [-0.2, 0) is 6.54 Å². The number of likely N-dealkylation sites (N-methyl/N-ethyl adjacent to an activating group) is 1. The number of benzene rings is 1. The Morgan fingerprint density at radius 3 is 2.82 bits per heavy atom. The van der Waals surface area contributed by atoms with Crippen LogP contribution in [-0.4, -0.2) is 42.5 Å². The Kier molecular flexibility index (Phi) is 4.07. The van der Waals surface area contributed by atoms with Crippen molar-refractivity contribution in [3.63, 3.8) is 0 Å². The molecule has 94 valence electrons. The first-order valence-electron chi connectivity index (χ1n) is 6.03. The molecule has 1 aromatic carbocycles. The van der Waals surface area contributed by atoms with Crippen LogP contribution >= 0.6 is 15.9 Å². The molecular weight excluding hydrogens is 278 g/mol. The summed E-state index contributed by atoms with van der Waals surface area (Å²) in [5, 5.41) is 0. The van der Waals surface area contributed by atoms with Crippen molar-refractivity contribution in [2.45, 2.75) is 19.5 Å². The summed E-state index contributed by atoms with van der Waals surface area (Å²) >= 11 is 3.58. The molecule has 1 aliphatic rings. The minimum absolute atomic E-state index is 0.635. The Morgan fingerprint density at radius 2 is 2.18 bits per heavy atom. The van der Waals surface area contributed by atoms with Crippen molar-refractivity contribution in [3.05, 3.63) is 28.2 Å². The minimum atomic E-state index is 0.635. The van der Waals surface area contributed by atoms with E-state index in [0.717, 1.165) is 36.3 Å². The Hall–Kier alpha value is -0.580. The quantitative estimate of drug-likeness (QED) is 0.849. The third-order valence-corrected chi connectivity index (χ3v) is 4.25. The number of anilines is 1. The van der Waals surface area contributed by atoms with E-state index in [4.69, 9.17) is 5.73 Å². The Morgan fingerprint density at radius 1 is 1.41 bits per heavy atom. The number of hydrogen-bond acceptors (Lipinski definition) is 3. The molecule has 1 aliphatic heterocycles. The van der Waals surface area contributed by atoms with Crippen LogP contribution in [0.25, 0.3) is 0 Å². The molecule has 0 amide bonds. The van der Waals surface area contributed by atoms with Crippen molar-refractivity contribution < 1.29 is 0 Å². The van der Waals surface area contributed by atoms with Gasteiger partial charge in [-0.05, 0) is 31.7 Å². The molecule has 0 aliphatic carbocycles. The maximum Gasteiger partial charge on any atom is 0.0325 e. The van der Waals surface area contributed by atoms with Crippen LogP contribution in [0, 0.1) is 0 Å². The largest absolute Gasteiger partial charge is 0.399 e. The average molecular weight is 298 g/mol. The normalized spacial score (nSPS) is 22.9. The van der Waals surface area contributed by atoms with Gasteiger partial charge in [0.1, 0.15) is 0 Å². The van der Waals surface area contributed by atoms with Crippen LogP contribution in [0.1, 0.15) is 12.5 Å². The fraction of sp³-hybridized carbons (Fsp3) is 0.538. The molecule has 4 heteroatoms. The van der Waals surface area contributed by atoms with Crippen molar-refractivity contribution >= 4 is 21.6 Å². The lowest BCUT2D eigenvalue weighted by atomic mass is 10.1. The molecule has 0 radical (unpaired) electrons. The molecule has 3 nitrogen and oxygen atoms in total. The van der Waals surface area contributed by atoms with Gasteiger partial charge in [0.25, 0.3) is 0 Å². The van der Waals surface area contributed by atoms with Crippen LogP contribution in [0.3, 0.4) is 0 Å². The number of hydrogen-bond donors (Lipinski definition) is 1. The summed E-state index contributed by atoms with van der Waals surface area (Å²) < 4.78 is 1.11. The molecule has 2 N–H and O–H groups in total. The van der Waals surface area contributed by atoms with Crippen LogP contribution in [0.15, 0.2) is 22.7 Å². The first kappa shape index (κ1) is 12.9. The fourth-order valence-electron chi connectivity index (χ4n) is 2.20. The van der Waals surface area contributed by atoms with Gasteiger partial charge in [-0.3, -0.25) is 4.90 Å². The summed E-state index contributed by atoms with van der Waals surface area (Å²) in [5.74, 6) is 0. The maximum absolute atomic E-state index is 5.75. The number of nitrogens with two attached hydrogens (primary N) is 1. The van der Waals surface area contributed by atoms with E-state index < -0.39 is 0 Å². The number of nitrogens with zero attached hydrogens (tertiary/aromatic N) is 2. The minimum Gasteiger partial charge on any atom is -0.399 e. The van der Waals surface area contributed by atoms with E-state index in [1.54, 1.807) is 0 Å². The van der Waals surface area contributed by atoms with Crippen molar-refractivity contribution in [1.82, 2.24) is 9.80 Å². The predicted octanol–water partition coefficient (Wildman–Crippen LogP) is 2.17. The molecule has 1 fully saturated rings. The van der Waals surface area contributed by atoms with Gasteiger partial charge >= 0.3 is 0 Å². The average Bonchev–Trinajstić information content (AvgIpc) is 2.27. The summed E-state index contributed by atoms with van der Waals surface area (Å²) in [6, 6.07) is 6.70. The smallest absolute Gasteiger partial charge is 0.0325 e. The highest BCUT2D eigenvalue weighted by atomic mass is 79.9. The lowest BCUT2D eigenvalue weighted by Gasteiger charge is -2.37. The number of halogens is 1. The first-order chi connectivity index (χ1) is 8.06. The van der Waals surface area contributed by atoms with Crippen molar-refractivity contribution in [2.75, 3.05) is 32.4 Å². The van der Waals surface area contributed by atoms with E-state index in [1.807, 2.05) is 12.1 Å². The maximum atomic E-state index is 5.75. The topological polar surface area (TPSA) is 32.5 Å². The van der Waals surface area contributed by atoms with E-state index in [9.17, 15) is 0 Å². The monoisotopic (exact) mass is 297 g/mol. The fourth-order valence-corrected chi connectivity index (χ4v) is 2.72. The second-order valence-electron chi connectivity index (χ2n) is 4.92. The number of piperazine rings is 1. The molecule has 0 aromatic heterocycles. The molecular formula is C13H20BrN3. The van der Waals surface area contributed by atoms with Crippen molar-refractivity contribution in [3.8, 4) is 0 Å². The molecule has 2 rings (SSSR count). The molecule has 0 spiro atoms. The van der Waals surface area contributed by atoms with E-state index >= 15 is 0 Å². The first-order valence-corrected chi connectivity index (χ1v) is 6.82. The van der Waals surface area contributed by atoms with Gasteiger partial charge in [0, 0.05) is 42.4 Å². The van der Waals surface area contributed by atoms with Gasteiger partial charge in [-0.15, -0.1) is 0 Å². The molecule has 1 heterocycles. The summed E-state index contributed by atoms with van der Waals surface area (Å²) in [7, 11) is 2.20. The van der Waals surface area contributed by atoms with Crippen LogP contribution < -0.4 is 5.73 Å². The second kappa shape index (κ2) is 5.38. The molecule has 0 bridgehead atoms. The van der Waals surface area contributed by atoms with Gasteiger partial charge in [-0.2, -0.15) is 0 Å². The van der Waals surface area contributed by atoms with E-state index in [0.29, 0.717) is 6.04 Å². The number of rotatable bonds is 2. The van der Waals surface area contributed by atoms with E-state index in [1.165, 1.54) is 5.56 Å². The number of nitrogen functional groups attached to an aromatic ring is 1. The van der Waals surface area contributed by atoms with Gasteiger partial charge < -0.3 is 10.6 Å². The standard InChI is InChI=1S/C13H20BrN3/c1-10-8-17(6-5-16(10)2)9-11-3-4-12(15)7-13(11)14/h3-4,7,10H,5-6,8-9,15H2,1-2H3. The predicted molar refractivity (Wildman–Crippen MR) is 75.9 cm³/mol. The van der Waals surface area contributed by atoms with Gasteiger partial charge in [0.2, 0.25) is 0 Å². The highest BCUT2D eigenvalue weighted by Crippen LogP contribution is 2.22. The molecule has 17 heavy (non-hydrogen) atoms. The van der Waals surface area contributed by atoms with Crippen molar-refractivity contribution in [2.24, 2.45) is 0 Å². The highest BCUT2D eigenvalue weighted by molar-refractivity contribution is 9.10. The van der Waals surface area contributed by atoms with Crippen LogP contribution in [0.2, 0.25) is 0 Å². The third kappa shape index (κ3) is 3.21. The van der Waals surface area contributed by atoms with E-state index in [2.05, 4.69) is 45.8 Å². The molecule has 1 unspecified atom stereocenters. The van der Waals surface area contributed by atoms with Crippen LogP contribution in [0.5, 0.6) is 0 Å². The Balaban J connectivity index is 2.01. The zero-order valence-electron chi connectivity index (χ0n) is 10.5. The second-order valence-corrected chi connectivity index (χ2v) is 5.77. The SMILES string of the molecule is CC1CN(Cc2ccc(N)cc2Br)CCN1C. The molecule has 0 saturated carbocycles. The lowest BCUT2D eigenvalue weighted by Crippen LogP contribution is -2.49.